The van der Waals surface area contributed by atoms with Crippen LogP contribution in [0.1, 0.15) is 41.4 Å². The minimum Gasteiger partial charge on any atom is -0.490 e. The molecule has 2 aliphatic rings. The van der Waals surface area contributed by atoms with Gasteiger partial charge in [-0.25, -0.2) is 0 Å². The predicted molar refractivity (Wildman–Crippen MR) is 88.4 cm³/mol. The van der Waals surface area contributed by atoms with Gasteiger partial charge in [0.05, 0.1) is 18.3 Å². The number of methoxy groups -OCH3 is 1. The Morgan fingerprint density at radius 3 is 3.04 bits per heavy atom. The van der Waals surface area contributed by atoms with Crippen molar-refractivity contribution in [2.24, 2.45) is 0 Å². The first kappa shape index (κ1) is 16.1. The number of hydrogen-bond acceptors (Lipinski definition) is 6. The average molecular weight is 343 g/mol. The number of hydrogen-bond donors (Lipinski definition) is 0. The summed E-state index contributed by atoms with van der Waals surface area (Å²) in [6, 6.07) is 5.37. The molecule has 7 nitrogen and oxygen atoms in total. The van der Waals surface area contributed by atoms with E-state index in [0.717, 1.165) is 25.0 Å². The number of pyridine rings is 1. The van der Waals surface area contributed by atoms with E-state index in [1.165, 1.54) is 0 Å². The topological polar surface area (TPSA) is 77.7 Å². The van der Waals surface area contributed by atoms with Crippen LogP contribution in [0.2, 0.25) is 0 Å². The highest BCUT2D eigenvalue weighted by Gasteiger charge is 2.38. The molecule has 132 valence electrons. The van der Waals surface area contributed by atoms with Gasteiger partial charge in [0.15, 0.2) is 5.69 Å². The van der Waals surface area contributed by atoms with E-state index in [9.17, 15) is 4.79 Å². The van der Waals surface area contributed by atoms with Crippen LogP contribution in [0.4, 0.5) is 0 Å². The molecule has 3 heterocycles. The van der Waals surface area contributed by atoms with Crippen molar-refractivity contribution in [3.05, 3.63) is 42.0 Å². The molecule has 2 fully saturated rings. The minimum absolute atomic E-state index is 0.00116. The third-order valence-corrected chi connectivity index (χ3v) is 4.77. The third kappa shape index (κ3) is 3.51. The van der Waals surface area contributed by atoms with Gasteiger partial charge in [-0.15, -0.1) is 0 Å². The monoisotopic (exact) mass is 343 g/mol. The van der Waals surface area contributed by atoms with Gasteiger partial charge in [-0.2, -0.15) is 0 Å². The zero-order valence-corrected chi connectivity index (χ0v) is 14.1. The van der Waals surface area contributed by atoms with Crippen molar-refractivity contribution in [2.45, 2.75) is 37.3 Å². The Morgan fingerprint density at radius 2 is 2.32 bits per heavy atom. The zero-order valence-electron chi connectivity index (χ0n) is 14.1. The fraction of sp³-hybridized carbons (Fsp3) is 0.500. The lowest BCUT2D eigenvalue weighted by Gasteiger charge is -2.23. The van der Waals surface area contributed by atoms with E-state index in [2.05, 4.69) is 10.1 Å². The van der Waals surface area contributed by atoms with Crippen molar-refractivity contribution in [3.63, 3.8) is 0 Å². The number of rotatable bonds is 6. The maximum Gasteiger partial charge on any atom is 0.276 e. The number of carbonyl (C=O) groups excluding carboxylic acids is 1. The van der Waals surface area contributed by atoms with Crippen molar-refractivity contribution in [2.75, 3.05) is 20.3 Å². The molecule has 1 aliphatic carbocycles. The van der Waals surface area contributed by atoms with Crippen molar-refractivity contribution >= 4 is 5.91 Å². The Labute approximate surface area is 145 Å². The summed E-state index contributed by atoms with van der Waals surface area (Å²) in [4.78, 5) is 18.7. The molecule has 2 aromatic rings. The van der Waals surface area contributed by atoms with Crippen LogP contribution in [-0.4, -0.2) is 53.4 Å². The molecule has 4 rings (SSSR count). The van der Waals surface area contributed by atoms with Crippen LogP contribution < -0.4 is 4.74 Å². The van der Waals surface area contributed by atoms with E-state index in [4.69, 9.17) is 14.0 Å². The Balaban J connectivity index is 1.45. The molecule has 1 amide bonds. The number of carbonyl (C=O) groups is 1. The second-order valence-corrected chi connectivity index (χ2v) is 6.59. The van der Waals surface area contributed by atoms with Crippen LogP contribution >= 0.6 is 0 Å². The van der Waals surface area contributed by atoms with E-state index < -0.39 is 0 Å². The summed E-state index contributed by atoms with van der Waals surface area (Å²) < 4.78 is 16.6. The Hall–Kier alpha value is -2.41. The fourth-order valence-corrected chi connectivity index (χ4v) is 3.17. The van der Waals surface area contributed by atoms with Gasteiger partial charge in [0.1, 0.15) is 18.1 Å². The van der Waals surface area contributed by atoms with Crippen LogP contribution in [0.3, 0.4) is 0 Å². The first-order valence-electron chi connectivity index (χ1n) is 8.58. The Morgan fingerprint density at radius 1 is 1.44 bits per heavy atom. The van der Waals surface area contributed by atoms with Crippen LogP contribution in [0.15, 0.2) is 35.1 Å². The van der Waals surface area contributed by atoms with Crippen LogP contribution in [0.25, 0.3) is 0 Å². The molecule has 1 aliphatic heterocycles. The number of ether oxygens (including phenoxy) is 2. The molecule has 0 unspecified atom stereocenters. The summed E-state index contributed by atoms with van der Waals surface area (Å²) in [6.07, 6.45) is 6.31. The lowest BCUT2D eigenvalue weighted by atomic mass is 10.2. The molecule has 0 radical (unpaired) electrons. The SMILES string of the molecule is CO[C@@H]1C[C@@H](COc2cccnc2)N(C(=O)c2cc(C3CC3)on2)C1. The van der Waals surface area contributed by atoms with E-state index in [1.807, 2.05) is 12.1 Å². The largest absolute Gasteiger partial charge is 0.490 e. The first-order valence-corrected chi connectivity index (χ1v) is 8.58. The second-order valence-electron chi connectivity index (χ2n) is 6.59. The van der Waals surface area contributed by atoms with Gasteiger partial charge in [-0.1, -0.05) is 5.16 Å². The maximum atomic E-state index is 12.9. The molecule has 0 spiro atoms. The Bertz CT molecular complexity index is 729. The van der Waals surface area contributed by atoms with Crippen molar-refractivity contribution < 1.29 is 18.8 Å². The molecular weight excluding hydrogens is 322 g/mol. The molecule has 0 bridgehead atoms. The lowest BCUT2D eigenvalue weighted by Crippen LogP contribution is -2.39. The number of likely N-dealkylation sites (tertiary alicyclic amines) is 1. The molecule has 2 atom stereocenters. The van der Waals surface area contributed by atoms with Gasteiger partial charge < -0.3 is 18.9 Å². The normalized spacial score (nSPS) is 23.0. The number of amides is 1. The Kier molecular flexibility index (Phi) is 4.40. The molecule has 2 aromatic heterocycles. The summed E-state index contributed by atoms with van der Waals surface area (Å²) in [6.45, 7) is 0.923. The molecule has 7 heteroatoms. The zero-order chi connectivity index (χ0) is 17.2. The maximum absolute atomic E-state index is 12.9. The molecule has 1 saturated heterocycles. The number of nitrogens with zero attached hydrogens (tertiary/aromatic N) is 3. The standard InChI is InChI=1S/C18H21N3O4/c1-23-15-7-13(11-24-14-3-2-6-19-9-14)21(10-15)18(22)16-8-17(25-20-16)12-4-5-12/h2-3,6,8-9,12-13,15H,4-5,7,10-11H2,1H3/t13-,15+/m0/s1. The van der Waals surface area contributed by atoms with Gasteiger partial charge in [0, 0.05) is 31.8 Å². The van der Waals surface area contributed by atoms with Crippen molar-refractivity contribution in [1.82, 2.24) is 15.0 Å². The second kappa shape index (κ2) is 6.84. The highest BCUT2D eigenvalue weighted by atomic mass is 16.5. The van der Waals surface area contributed by atoms with Gasteiger partial charge >= 0.3 is 0 Å². The highest BCUT2D eigenvalue weighted by molar-refractivity contribution is 5.92. The summed E-state index contributed by atoms with van der Waals surface area (Å²) in [5.74, 6) is 1.81. The van der Waals surface area contributed by atoms with E-state index in [1.54, 1.807) is 30.5 Å². The lowest BCUT2D eigenvalue weighted by molar-refractivity contribution is 0.0648. The summed E-state index contributed by atoms with van der Waals surface area (Å²) in [5.41, 5.74) is 0.366. The van der Waals surface area contributed by atoms with Gasteiger partial charge in [-0.3, -0.25) is 9.78 Å². The van der Waals surface area contributed by atoms with Gasteiger partial charge in [0.25, 0.3) is 5.91 Å². The molecular formula is C18H21N3O4. The third-order valence-electron chi connectivity index (χ3n) is 4.77. The predicted octanol–water partition coefficient (Wildman–Crippen LogP) is 2.26. The van der Waals surface area contributed by atoms with Crippen LogP contribution in [0.5, 0.6) is 5.75 Å². The smallest absolute Gasteiger partial charge is 0.276 e. The van der Waals surface area contributed by atoms with Crippen molar-refractivity contribution in [1.29, 1.82) is 0 Å². The van der Waals surface area contributed by atoms with Crippen molar-refractivity contribution in [3.8, 4) is 5.75 Å². The van der Waals surface area contributed by atoms with Gasteiger partial charge in [0.2, 0.25) is 0 Å². The summed E-state index contributed by atoms with van der Waals surface area (Å²) in [7, 11) is 1.67. The van der Waals surface area contributed by atoms with Gasteiger partial charge in [-0.05, 0) is 31.4 Å². The van der Waals surface area contributed by atoms with E-state index in [-0.39, 0.29) is 18.1 Å². The molecule has 25 heavy (non-hydrogen) atoms. The number of aromatic nitrogens is 2. The first-order chi connectivity index (χ1) is 12.2. The minimum atomic E-state index is -0.130. The summed E-state index contributed by atoms with van der Waals surface area (Å²) >= 11 is 0. The average Bonchev–Trinajstić information content (AvgIpc) is 3.23. The molecule has 0 aromatic carbocycles. The molecule has 0 N–H and O–H groups in total. The van der Waals surface area contributed by atoms with Crippen LogP contribution in [-0.2, 0) is 4.74 Å². The quantitative estimate of drug-likeness (QED) is 0.801. The highest BCUT2D eigenvalue weighted by Crippen LogP contribution is 2.40. The fourth-order valence-electron chi connectivity index (χ4n) is 3.17. The summed E-state index contributed by atoms with van der Waals surface area (Å²) in [5, 5.41) is 3.97. The van der Waals surface area contributed by atoms with Crippen LogP contribution in [0, 0.1) is 0 Å². The van der Waals surface area contributed by atoms with E-state index >= 15 is 0 Å². The van der Waals surface area contributed by atoms with E-state index in [0.29, 0.717) is 30.5 Å². The molecule has 1 saturated carbocycles.